The number of hydrogen-bond donors (Lipinski definition) is 1. The molecular weight excluding hydrogens is 313 g/mol. The van der Waals surface area contributed by atoms with Crippen molar-refractivity contribution in [3.8, 4) is 11.4 Å². The highest BCUT2D eigenvalue weighted by atomic mass is 19.4. The van der Waals surface area contributed by atoms with Gasteiger partial charge in [0, 0.05) is 12.1 Å². The summed E-state index contributed by atoms with van der Waals surface area (Å²) in [7, 11) is 0. The Labute approximate surface area is 129 Å². The van der Waals surface area contributed by atoms with E-state index in [0.29, 0.717) is 11.4 Å². The Morgan fingerprint density at radius 2 is 2.13 bits per heavy atom. The summed E-state index contributed by atoms with van der Waals surface area (Å²) in [5.41, 5.74) is 0.761. The van der Waals surface area contributed by atoms with Gasteiger partial charge in [0.15, 0.2) is 11.9 Å². The number of benzene rings is 1. The molecule has 1 amide bonds. The van der Waals surface area contributed by atoms with E-state index in [0.717, 1.165) is 4.90 Å². The zero-order valence-electron chi connectivity index (χ0n) is 11.9. The molecular formula is C14H13F3N4O2. The largest absolute Gasteiger partial charge is 0.416 e. The van der Waals surface area contributed by atoms with Crippen LogP contribution < -0.4 is 0 Å². The van der Waals surface area contributed by atoms with Crippen LogP contribution >= 0.6 is 0 Å². The molecule has 122 valence electrons. The van der Waals surface area contributed by atoms with E-state index in [-0.39, 0.29) is 18.7 Å². The van der Waals surface area contributed by atoms with Gasteiger partial charge in [0.05, 0.1) is 18.7 Å². The third-order valence-corrected chi connectivity index (χ3v) is 3.55. The lowest BCUT2D eigenvalue weighted by molar-refractivity contribution is -0.233. The minimum atomic E-state index is -4.50. The molecule has 0 saturated carbocycles. The quantitative estimate of drug-likeness (QED) is 0.915. The molecule has 9 heteroatoms. The van der Waals surface area contributed by atoms with Crippen molar-refractivity contribution in [3.05, 3.63) is 36.2 Å². The van der Waals surface area contributed by atoms with Gasteiger partial charge in [0.2, 0.25) is 0 Å². The molecule has 1 fully saturated rings. The van der Waals surface area contributed by atoms with Crippen molar-refractivity contribution in [2.75, 3.05) is 19.7 Å². The number of halogens is 3. The lowest BCUT2D eigenvalue weighted by atomic mass is 10.1. The molecule has 1 aromatic carbocycles. The first-order valence-electron chi connectivity index (χ1n) is 6.89. The SMILES string of the molecule is O=C(c1ccccc1-c1ncn[nH]1)N1CCO[C@H](C(F)(F)F)C1. The van der Waals surface area contributed by atoms with E-state index in [9.17, 15) is 18.0 Å². The van der Waals surface area contributed by atoms with Crippen LogP contribution in [0.1, 0.15) is 10.4 Å². The van der Waals surface area contributed by atoms with Gasteiger partial charge in [-0.1, -0.05) is 18.2 Å². The van der Waals surface area contributed by atoms with E-state index < -0.39 is 24.7 Å². The van der Waals surface area contributed by atoms with Crippen LogP contribution in [0, 0.1) is 0 Å². The van der Waals surface area contributed by atoms with Crippen LogP contribution in [0.4, 0.5) is 13.2 Å². The molecule has 0 radical (unpaired) electrons. The van der Waals surface area contributed by atoms with Crippen LogP contribution in [-0.4, -0.2) is 58.0 Å². The van der Waals surface area contributed by atoms with Gasteiger partial charge in [-0.15, -0.1) is 0 Å². The van der Waals surface area contributed by atoms with Crippen molar-refractivity contribution in [1.29, 1.82) is 0 Å². The fourth-order valence-corrected chi connectivity index (χ4v) is 2.41. The summed E-state index contributed by atoms with van der Waals surface area (Å²) in [6, 6.07) is 6.58. The second-order valence-electron chi connectivity index (χ2n) is 5.03. The van der Waals surface area contributed by atoms with Crippen LogP contribution in [-0.2, 0) is 4.74 Å². The van der Waals surface area contributed by atoms with E-state index in [1.54, 1.807) is 24.3 Å². The standard InChI is InChI=1S/C14H13F3N4O2/c15-14(16,17)11-7-21(5-6-23-11)13(22)10-4-2-1-3-9(10)12-18-8-19-20-12/h1-4,8,11H,5-7H2,(H,18,19,20)/t11-/m0/s1. The van der Waals surface area contributed by atoms with Crippen molar-refractivity contribution in [2.45, 2.75) is 12.3 Å². The summed E-state index contributed by atoms with van der Waals surface area (Å²) < 4.78 is 43.1. The molecule has 1 atom stereocenters. The Balaban J connectivity index is 1.87. The summed E-state index contributed by atoms with van der Waals surface area (Å²) in [5, 5.41) is 6.37. The lowest BCUT2D eigenvalue weighted by Crippen LogP contribution is -2.51. The maximum absolute atomic E-state index is 12.8. The average molecular weight is 326 g/mol. The number of aromatic amines is 1. The molecule has 2 heterocycles. The summed E-state index contributed by atoms with van der Waals surface area (Å²) in [5.74, 6) is -0.107. The summed E-state index contributed by atoms with van der Waals surface area (Å²) >= 11 is 0. The van der Waals surface area contributed by atoms with E-state index in [1.807, 2.05) is 0 Å². The number of hydrogen-bond acceptors (Lipinski definition) is 4. The smallest absolute Gasteiger partial charge is 0.365 e. The number of amides is 1. The van der Waals surface area contributed by atoms with Crippen LogP contribution in [0.3, 0.4) is 0 Å². The van der Waals surface area contributed by atoms with Crippen molar-refractivity contribution < 1.29 is 22.7 Å². The predicted octanol–water partition coefficient (Wildman–Crippen LogP) is 1.88. The number of alkyl halides is 3. The highest BCUT2D eigenvalue weighted by molar-refractivity contribution is 6.00. The van der Waals surface area contributed by atoms with Gasteiger partial charge in [-0.3, -0.25) is 9.89 Å². The van der Waals surface area contributed by atoms with Gasteiger partial charge >= 0.3 is 6.18 Å². The first kappa shape index (κ1) is 15.5. The molecule has 6 nitrogen and oxygen atoms in total. The van der Waals surface area contributed by atoms with Crippen LogP contribution in [0.5, 0.6) is 0 Å². The Kier molecular flexibility index (Phi) is 4.03. The van der Waals surface area contributed by atoms with Gasteiger partial charge in [-0.2, -0.15) is 18.3 Å². The number of carbonyl (C=O) groups excluding carboxylic acids is 1. The Hall–Kier alpha value is -2.42. The minimum Gasteiger partial charge on any atom is -0.365 e. The molecule has 23 heavy (non-hydrogen) atoms. The Bertz CT molecular complexity index is 688. The summed E-state index contributed by atoms with van der Waals surface area (Å²) in [6.45, 7) is -0.566. The highest BCUT2D eigenvalue weighted by Gasteiger charge is 2.44. The van der Waals surface area contributed by atoms with Crippen LogP contribution in [0.15, 0.2) is 30.6 Å². The number of carbonyl (C=O) groups is 1. The third-order valence-electron chi connectivity index (χ3n) is 3.55. The minimum absolute atomic E-state index is 0.107. The van der Waals surface area contributed by atoms with E-state index >= 15 is 0 Å². The molecule has 0 spiro atoms. The van der Waals surface area contributed by atoms with Crippen molar-refractivity contribution in [3.63, 3.8) is 0 Å². The number of rotatable bonds is 2. The molecule has 3 rings (SSSR count). The Morgan fingerprint density at radius 1 is 1.35 bits per heavy atom. The summed E-state index contributed by atoms with van der Waals surface area (Å²) in [6.07, 6.45) is -5.16. The molecule has 1 aliphatic heterocycles. The number of aromatic nitrogens is 3. The van der Waals surface area contributed by atoms with Gasteiger partial charge in [-0.25, -0.2) is 4.98 Å². The van der Waals surface area contributed by atoms with Gasteiger partial charge in [0.25, 0.3) is 5.91 Å². The zero-order chi connectivity index (χ0) is 16.4. The van der Waals surface area contributed by atoms with E-state index in [1.165, 1.54) is 6.33 Å². The molecule has 1 saturated heterocycles. The molecule has 1 aromatic heterocycles. The molecule has 1 N–H and O–H groups in total. The maximum Gasteiger partial charge on any atom is 0.416 e. The second kappa shape index (κ2) is 5.99. The molecule has 1 aliphatic rings. The van der Waals surface area contributed by atoms with Crippen LogP contribution in [0.25, 0.3) is 11.4 Å². The summed E-state index contributed by atoms with van der Waals surface area (Å²) in [4.78, 5) is 17.8. The van der Waals surface area contributed by atoms with Crippen molar-refractivity contribution in [1.82, 2.24) is 20.1 Å². The fourth-order valence-electron chi connectivity index (χ4n) is 2.41. The van der Waals surface area contributed by atoms with Gasteiger partial charge in [0.1, 0.15) is 6.33 Å². The number of nitrogens with one attached hydrogen (secondary N) is 1. The first-order valence-corrected chi connectivity index (χ1v) is 6.89. The van der Waals surface area contributed by atoms with Gasteiger partial charge < -0.3 is 9.64 Å². The number of ether oxygens (including phenoxy) is 1. The Morgan fingerprint density at radius 3 is 2.83 bits per heavy atom. The number of nitrogens with zero attached hydrogens (tertiary/aromatic N) is 3. The lowest BCUT2D eigenvalue weighted by Gasteiger charge is -2.34. The monoisotopic (exact) mass is 326 g/mol. The van der Waals surface area contributed by atoms with E-state index in [4.69, 9.17) is 4.74 Å². The topological polar surface area (TPSA) is 71.1 Å². The van der Waals surface area contributed by atoms with E-state index in [2.05, 4.69) is 15.2 Å². The number of morpholine rings is 1. The van der Waals surface area contributed by atoms with Crippen molar-refractivity contribution >= 4 is 5.91 Å². The third kappa shape index (κ3) is 3.19. The average Bonchev–Trinajstić information content (AvgIpc) is 3.08. The molecule has 0 bridgehead atoms. The number of H-pyrrole nitrogens is 1. The maximum atomic E-state index is 12.8. The normalized spacial score (nSPS) is 18.9. The first-order chi connectivity index (χ1) is 11.0. The molecule has 2 aromatic rings. The fraction of sp³-hybridized carbons (Fsp3) is 0.357. The van der Waals surface area contributed by atoms with Crippen molar-refractivity contribution in [2.24, 2.45) is 0 Å². The molecule has 0 unspecified atom stereocenters. The van der Waals surface area contributed by atoms with Gasteiger partial charge in [-0.05, 0) is 6.07 Å². The zero-order valence-corrected chi connectivity index (χ0v) is 11.9. The van der Waals surface area contributed by atoms with Crippen LogP contribution in [0.2, 0.25) is 0 Å². The highest BCUT2D eigenvalue weighted by Crippen LogP contribution is 2.27. The predicted molar refractivity (Wildman–Crippen MR) is 73.5 cm³/mol. The second-order valence-corrected chi connectivity index (χ2v) is 5.03. The molecule has 0 aliphatic carbocycles.